The van der Waals surface area contributed by atoms with Gasteiger partial charge in [-0.2, -0.15) is 5.01 Å². The van der Waals surface area contributed by atoms with Crippen molar-refractivity contribution in [1.29, 1.82) is 5.41 Å². The number of amides is 1. The highest BCUT2D eigenvalue weighted by atomic mass is 32.2. The first-order valence-electron chi connectivity index (χ1n) is 10.2. The lowest BCUT2D eigenvalue weighted by atomic mass is 10.2. The molecule has 3 aromatic rings. The summed E-state index contributed by atoms with van der Waals surface area (Å²) in [4.78, 5) is 13.0. The van der Waals surface area contributed by atoms with E-state index in [2.05, 4.69) is 20.6 Å². The second kappa shape index (κ2) is 10.6. The van der Waals surface area contributed by atoms with E-state index in [1.165, 1.54) is 0 Å². The van der Waals surface area contributed by atoms with E-state index in [-0.39, 0.29) is 16.9 Å². The molecule has 0 radical (unpaired) electrons. The number of para-hydroxylation sites is 1. The predicted octanol–water partition coefficient (Wildman–Crippen LogP) is 5.13. The number of amidine groups is 2. The summed E-state index contributed by atoms with van der Waals surface area (Å²) in [5.41, 5.74) is 2.21. The zero-order valence-electron chi connectivity index (χ0n) is 17.9. The van der Waals surface area contributed by atoms with Crippen LogP contribution in [0.2, 0.25) is 0 Å². The zero-order valence-corrected chi connectivity index (χ0v) is 18.7. The fourth-order valence-electron chi connectivity index (χ4n) is 3.03. The van der Waals surface area contributed by atoms with Crippen molar-refractivity contribution in [1.82, 2.24) is 5.01 Å². The number of hydrogen-bond acceptors (Lipinski definition) is 7. The Morgan fingerprint density at radius 2 is 1.70 bits per heavy atom. The Morgan fingerprint density at radius 1 is 1.03 bits per heavy atom. The molecule has 2 N–H and O–H groups in total. The van der Waals surface area contributed by atoms with Crippen LogP contribution in [0, 0.1) is 5.41 Å². The van der Waals surface area contributed by atoms with Crippen molar-refractivity contribution in [3.05, 3.63) is 90.5 Å². The maximum atomic E-state index is 13.0. The van der Waals surface area contributed by atoms with E-state index in [0.29, 0.717) is 23.5 Å². The summed E-state index contributed by atoms with van der Waals surface area (Å²) in [5, 5.41) is 25.2. The van der Waals surface area contributed by atoms with Crippen molar-refractivity contribution >= 4 is 40.0 Å². The molecule has 1 fully saturated rings. The van der Waals surface area contributed by atoms with Crippen molar-refractivity contribution < 1.29 is 9.53 Å². The Morgan fingerprint density at radius 3 is 2.36 bits per heavy atom. The molecule has 0 spiro atoms. The number of benzene rings is 3. The molecule has 0 aromatic heterocycles. The third-order valence-electron chi connectivity index (χ3n) is 4.76. The minimum Gasteiger partial charge on any atom is -0.497 e. The fraction of sp³-hybridized carbons (Fsp3) is 0.125. The van der Waals surface area contributed by atoms with Gasteiger partial charge in [0.1, 0.15) is 11.0 Å². The van der Waals surface area contributed by atoms with Crippen molar-refractivity contribution in [2.45, 2.75) is 5.25 Å². The Labute approximate surface area is 195 Å². The lowest BCUT2D eigenvalue weighted by molar-refractivity contribution is -0.125. The third kappa shape index (κ3) is 5.64. The molecule has 3 aromatic carbocycles. The number of hydrogen-bond donors (Lipinski definition) is 2. The van der Waals surface area contributed by atoms with Crippen molar-refractivity contribution in [3.63, 3.8) is 0 Å². The number of rotatable bonds is 7. The number of hydrazone groups is 1. The predicted molar refractivity (Wildman–Crippen MR) is 131 cm³/mol. The van der Waals surface area contributed by atoms with Crippen LogP contribution in [-0.4, -0.2) is 40.8 Å². The van der Waals surface area contributed by atoms with Crippen LogP contribution in [0.4, 0.5) is 11.4 Å². The van der Waals surface area contributed by atoms with Crippen LogP contribution in [0.15, 0.2) is 100 Å². The zero-order chi connectivity index (χ0) is 23.0. The molecule has 1 atom stereocenters. The number of anilines is 1. The van der Waals surface area contributed by atoms with Gasteiger partial charge in [-0.25, -0.2) is 0 Å². The van der Waals surface area contributed by atoms with Gasteiger partial charge >= 0.3 is 0 Å². The molecular weight excluding hydrogens is 436 g/mol. The SMILES string of the molecule is COc1ccc(N=N/C(=N/N2C(=N)SC(CNc3ccccc3)C2=O)c2ccccc2)cc1. The molecule has 0 aliphatic carbocycles. The summed E-state index contributed by atoms with van der Waals surface area (Å²) in [5.74, 6) is 0.678. The van der Waals surface area contributed by atoms with Gasteiger partial charge in [0.2, 0.25) is 5.84 Å². The summed E-state index contributed by atoms with van der Waals surface area (Å²) >= 11 is 1.16. The van der Waals surface area contributed by atoms with E-state index in [4.69, 9.17) is 10.1 Å². The third-order valence-corrected chi connectivity index (χ3v) is 5.80. The van der Waals surface area contributed by atoms with E-state index < -0.39 is 5.25 Å². The van der Waals surface area contributed by atoms with Crippen molar-refractivity contribution in [2.75, 3.05) is 19.0 Å². The lowest BCUT2D eigenvalue weighted by Crippen LogP contribution is -2.31. The summed E-state index contributed by atoms with van der Waals surface area (Å²) < 4.78 is 5.16. The molecule has 0 saturated carbocycles. The summed E-state index contributed by atoms with van der Waals surface area (Å²) in [6.45, 7) is 0.385. The number of carbonyl (C=O) groups is 1. The van der Waals surface area contributed by atoms with Gasteiger partial charge in [0.25, 0.3) is 5.91 Å². The molecule has 1 aliphatic rings. The first kappa shape index (κ1) is 22.2. The quantitative estimate of drug-likeness (QED) is 0.291. The standard InChI is InChI=1S/C24H22N6O2S/c1-32-20-14-12-19(13-15-20)27-28-22(17-8-4-2-5-9-17)29-30-23(31)21(33-24(30)25)16-26-18-10-6-3-7-11-18/h2-15,21,25-26H,16H2,1H3/b25-24?,28-27?,29-22+. The van der Waals surface area contributed by atoms with E-state index in [1.807, 2.05) is 60.7 Å². The molecule has 166 valence electrons. The Balaban J connectivity index is 1.55. The summed E-state index contributed by atoms with van der Waals surface area (Å²) in [7, 11) is 1.60. The van der Waals surface area contributed by atoms with Gasteiger partial charge in [0, 0.05) is 17.8 Å². The molecule has 0 bridgehead atoms. The van der Waals surface area contributed by atoms with Gasteiger partial charge < -0.3 is 10.1 Å². The first-order valence-corrected chi connectivity index (χ1v) is 11.1. The number of nitrogens with one attached hydrogen (secondary N) is 2. The highest BCUT2D eigenvalue weighted by Gasteiger charge is 2.37. The van der Waals surface area contributed by atoms with Gasteiger partial charge in [-0.15, -0.1) is 15.3 Å². The Bertz CT molecular complexity index is 1170. The average Bonchev–Trinajstić information content (AvgIpc) is 3.14. The van der Waals surface area contributed by atoms with Gasteiger partial charge in [-0.1, -0.05) is 60.3 Å². The maximum absolute atomic E-state index is 13.0. The normalized spacial score (nSPS) is 16.5. The number of thioether (sulfide) groups is 1. The van der Waals surface area contributed by atoms with Crippen LogP contribution in [0.3, 0.4) is 0 Å². The monoisotopic (exact) mass is 458 g/mol. The van der Waals surface area contributed by atoms with Crippen LogP contribution in [0.5, 0.6) is 5.75 Å². The highest BCUT2D eigenvalue weighted by molar-refractivity contribution is 8.15. The first-order chi connectivity index (χ1) is 16.1. The Hall–Kier alpha value is -3.98. The molecule has 1 aliphatic heterocycles. The minimum absolute atomic E-state index is 0.0490. The van der Waals surface area contributed by atoms with E-state index in [0.717, 1.165) is 22.5 Å². The van der Waals surface area contributed by atoms with Crippen LogP contribution in [-0.2, 0) is 4.79 Å². The van der Waals surface area contributed by atoms with Crippen molar-refractivity contribution in [2.24, 2.45) is 15.3 Å². The second-order valence-corrected chi connectivity index (χ2v) is 8.19. The molecule has 4 rings (SSSR count). The fourth-order valence-corrected chi connectivity index (χ4v) is 3.90. The van der Waals surface area contributed by atoms with Crippen LogP contribution >= 0.6 is 11.8 Å². The molecule has 9 heteroatoms. The minimum atomic E-state index is -0.461. The van der Waals surface area contributed by atoms with Gasteiger partial charge in [0.05, 0.1) is 12.8 Å². The smallest absolute Gasteiger partial charge is 0.264 e. The van der Waals surface area contributed by atoms with Crippen LogP contribution in [0.1, 0.15) is 5.56 Å². The summed E-state index contributed by atoms with van der Waals surface area (Å²) in [6, 6.07) is 26.0. The molecule has 1 heterocycles. The van der Waals surface area contributed by atoms with Crippen molar-refractivity contribution in [3.8, 4) is 5.75 Å². The number of nitrogens with zero attached hydrogens (tertiary/aromatic N) is 4. The molecular formula is C24H22N6O2S. The molecule has 1 amide bonds. The number of ether oxygens (including phenoxy) is 1. The Kier molecular flexibility index (Phi) is 7.11. The van der Waals surface area contributed by atoms with E-state index in [9.17, 15) is 4.79 Å². The largest absolute Gasteiger partial charge is 0.497 e. The molecule has 8 nitrogen and oxygen atoms in total. The highest BCUT2D eigenvalue weighted by Crippen LogP contribution is 2.28. The lowest BCUT2D eigenvalue weighted by Gasteiger charge is -2.11. The maximum Gasteiger partial charge on any atom is 0.264 e. The van der Waals surface area contributed by atoms with Crippen LogP contribution < -0.4 is 10.1 Å². The van der Waals surface area contributed by atoms with E-state index >= 15 is 0 Å². The molecule has 1 saturated heterocycles. The molecule has 33 heavy (non-hydrogen) atoms. The number of methoxy groups -OCH3 is 1. The second-order valence-electron chi connectivity index (χ2n) is 7.00. The van der Waals surface area contributed by atoms with Gasteiger partial charge in [-0.05, 0) is 36.4 Å². The summed E-state index contributed by atoms with van der Waals surface area (Å²) in [6.07, 6.45) is 0. The van der Waals surface area contributed by atoms with Gasteiger partial charge in [-0.3, -0.25) is 10.2 Å². The average molecular weight is 459 g/mol. The molecule has 1 unspecified atom stereocenters. The van der Waals surface area contributed by atoms with Gasteiger partial charge in [0.15, 0.2) is 5.17 Å². The van der Waals surface area contributed by atoms with Crippen LogP contribution in [0.25, 0.3) is 0 Å². The number of carbonyl (C=O) groups excluding carboxylic acids is 1. The number of azo groups is 1. The van der Waals surface area contributed by atoms with E-state index in [1.54, 1.807) is 31.4 Å². The topological polar surface area (TPSA) is 102 Å².